The molecule has 3 rings (SSSR count). The van der Waals surface area contributed by atoms with Gasteiger partial charge in [0.25, 0.3) is 5.92 Å². The molecule has 2 fully saturated rings. The van der Waals surface area contributed by atoms with Crippen LogP contribution in [0.3, 0.4) is 0 Å². The van der Waals surface area contributed by atoms with Crippen LogP contribution in [0.25, 0.3) is 0 Å². The van der Waals surface area contributed by atoms with Gasteiger partial charge in [0.2, 0.25) is 11.8 Å². The molecule has 1 aliphatic carbocycles. The number of rotatable bonds is 11. The number of hydrogen-bond donors (Lipinski definition) is 4. The van der Waals surface area contributed by atoms with E-state index >= 15 is 0 Å². The lowest BCUT2D eigenvalue weighted by Crippen LogP contribution is -2.55. The zero-order chi connectivity index (χ0) is 30.4. The fourth-order valence-corrected chi connectivity index (χ4v) is 4.72. The summed E-state index contributed by atoms with van der Waals surface area (Å²) in [6.45, 7) is -1.28. The average molecular weight is 595 g/mol. The van der Waals surface area contributed by atoms with Crippen molar-refractivity contribution in [2.45, 2.75) is 62.9 Å². The van der Waals surface area contributed by atoms with Crippen LogP contribution in [-0.4, -0.2) is 66.9 Å². The van der Waals surface area contributed by atoms with E-state index in [2.05, 4.69) is 15.4 Å². The monoisotopic (exact) mass is 594 g/mol. The molecule has 1 aromatic rings. The zero-order valence-electron chi connectivity index (χ0n) is 21.5. The highest BCUT2D eigenvalue weighted by molar-refractivity contribution is 6.40. The van der Waals surface area contributed by atoms with E-state index < -0.39 is 97.3 Å². The maximum absolute atomic E-state index is 14.4. The number of carbonyl (C=O) groups excluding carboxylic acids is 5. The summed E-state index contributed by atoms with van der Waals surface area (Å²) < 4.78 is 83.8. The summed E-state index contributed by atoms with van der Waals surface area (Å²) in [6.07, 6.45) is -6.47. The molecule has 1 saturated carbocycles. The summed E-state index contributed by atoms with van der Waals surface area (Å²) in [5.74, 6) is -12.3. The minimum Gasteiger partial charge on any atom is -0.356 e. The number of para-hydroxylation sites is 1. The fourth-order valence-electron chi connectivity index (χ4n) is 4.72. The highest BCUT2D eigenvalue weighted by atomic mass is 19.4. The van der Waals surface area contributed by atoms with E-state index in [9.17, 15) is 50.3 Å². The second kappa shape index (κ2) is 13.3. The van der Waals surface area contributed by atoms with E-state index in [1.165, 1.54) is 12.1 Å². The molecule has 0 radical (unpaired) electrons. The van der Waals surface area contributed by atoms with E-state index in [-0.39, 0.29) is 31.5 Å². The Kier molecular flexibility index (Phi) is 10.3. The van der Waals surface area contributed by atoms with Crippen LogP contribution in [-0.2, 0) is 28.7 Å². The van der Waals surface area contributed by atoms with E-state index in [4.69, 9.17) is 0 Å². The predicted molar refractivity (Wildman–Crippen MR) is 129 cm³/mol. The van der Waals surface area contributed by atoms with Crippen LogP contribution in [0.4, 0.5) is 32.0 Å². The van der Waals surface area contributed by atoms with Crippen LogP contribution < -0.4 is 21.3 Å². The zero-order valence-corrected chi connectivity index (χ0v) is 21.5. The minimum atomic E-state index is -5.18. The van der Waals surface area contributed by atoms with Crippen molar-refractivity contribution in [2.24, 2.45) is 11.8 Å². The van der Waals surface area contributed by atoms with Gasteiger partial charge in [-0.2, -0.15) is 0 Å². The summed E-state index contributed by atoms with van der Waals surface area (Å²) in [5.41, 5.74) is -0.374. The summed E-state index contributed by atoms with van der Waals surface area (Å²) in [4.78, 5) is 62.7. The van der Waals surface area contributed by atoms with Crippen LogP contribution in [0, 0.1) is 17.7 Å². The van der Waals surface area contributed by atoms with Crippen LogP contribution in [0.2, 0.25) is 0 Å². The second-order valence-electron chi connectivity index (χ2n) is 9.82. The number of nitrogens with one attached hydrogen (secondary N) is 4. The number of ketones is 1. The Balaban J connectivity index is 1.78. The van der Waals surface area contributed by atoms with E-state index in [1.54, 1.807) is 0 Å². The van der Waals surface area contributed by atoms with Gasteiger partial charge in [0.05, 0.1) is 11.7 Å². The number of carbonyl (C=O) groups is 5. The Morgan fingerprint density at radius 2 is 1.73 bits per heavy atom. The molecular weight excluding hydrogens is 566 g/mol. The average Bonchev–Trinajstić information content (AvgIpc) is 3.45. The van der Waals surface area contributed by atoms with Crippen molar-refractivity contribution >= 4 is 35.1 Å². The number of halogens is 6. The van der Waals surface area contributed by atoms with Gasteiger partial charge in [-0.1, -0.05) is 12.1 Å². The lowest BCUT2D eigenvalue weighted by Gasteiger charge is -2.27. The molecular formula is C25H28F6N4O6. The SMILES string of the molecule is O=C(Nc1ccccc1F)C(=O)NC(CC1CCCC1(F)F)C(=O)NC(C[C@@H]1CCNC1=O)C(=O)COC(F)(F)F. The maximum atomic E-state index is 14.4. The van der Waals surface area contributed by atoms with E-state index in [0.717, 1.165) is 12.1 Å². The molecule has 1 heterocycles. The van der Waals surface area contributed by atoms with Crippen molar-refractivity contribution in [3.63, 3.8) is 0 Å². The maximum Gasteiger partial charge on any atom is 0.522 e. The third-order valence-electron chi connectivity index (χ3n) is 6.90. The molecule has 1 saturated heterocycles. The topological polar surface area (TPSA) is 143 Å². The Morgan fingerprint density at radius 1 is 1.02 bits per heavy atom. The molecule has 4 N–H and O–H groups in total. The second-order valence-corrected chi connectivity index (χ2v) is 9.82. The summed E-state index contributed by atoms with van der Waals surface area (Å²) in [7, 11) is 0. The molecule has 2 aliphatic rings. The van der Waals surface area contributed by atoms with Gasteiger partial charge < -0.3 is 21.3 Å². The normalized spacial score (nSPS) is 21.5. The van der Waals surface area contributed by atoms with Crippen molar-refractivity contribution in [2.75, 3.05) is 18.5 Å². The van der Waals surface area contributed by atoms with E-state index in [0.29, 0.717) is 0 Å². The Hall–Kier alpha value is -3.69. The summed E-state index contributed by atoms with van der Waals surface area (Å²) in [6, 6.07) is 1.27. The lowest BCUT2D eigenvalue weighted by atomic mass is 9.93. The number of amides is 4. The first kappa shape index (κ1) is 31.8. The van der Waals surface area contributed by atoms with Gasteiger partial charge in [-0.3, -0.25) is 28.7 Å². The molecule has 4 atom stereocenters. The molecule has 1 aliphatic heterocycles. The van der Waals surface area contributed by atoms with Gasteiger partial charge in [-0.05, 0) is 44.2 Å². The smallest absolute Gasteiger partial charge is 0.356 e. The molecule has 10 nitrogen and oxygen atoms in total. The summed E-state index contributed by atoms with van der Waals surface area (Å²) in [5, 5.41) is 8.60. The molecule has 4 amide bonds. The molecule has 1 aromatic carbocycles. The third kappa shape index (κ3) is 9.16. The number of anilines is 1. The first-order chi connectivity index (χ1) is 19.2. The molecule has 41 heavy (non-hydrogen) atoms. The third-order valence-corrected chi connectivity index (χ3v) is 6.90. The van der Waals surface area contributed by atoms with Crippen LogP contribution in [0.15, 0.2) is 24.3 Å². The highest BCUT2D eigenvalue weighted by Crippen LogP contribution is 2.42. The molecule has 0 spiro atoms. The minimum absolute atomic E-state index is 0.0297. The van der Waals surface area contributed by atoms with E-state index in [1.807, 2.05) is 10.6 Å². The van der Waals surface area contributed by atoms with Crippen molar-refractivity contribution < 1.29 is 55.1 Å². The number of ether oxygens (including phenoxy) is 1. The number of Topliss-reactive ketones (excluding diaryl/α,β-unsaturated/α-hetero) is 1. The van der Waals surface area contributed by atoms with Crippen LogP contribution in [0.5, 0.6) is 0 Å². The predicted octanol–water partition coefficient (Wildman–Crippen LogP) is 2.19. The lowest BCUT2D eigenvalue weighted by molar-refractivity contribution is -0.321. The Labute approximate surface area is 229 Å². The fraction of sp³-hybridized carbons (Fsp3) is 0.560. The Bertz CT molecular complexity index is 1160. The largest absolute Gasteiger partial charge is 0.522 e. The standard InChI is InChI=1S/C25H28F6N4O6/c26-15-5-1-2-6-16(15)33-22(39)23(40)35-18(11-14-4-3-8-24(14,27)28)21(38)34-17(10-13-7-9-32-20(13)37)19(36)12-41-25(29,30)31/h1-2,5-6,13-14,17-18H,3-4,7-12H2,(H,32,37)(H,33,39)(H,34,38)(H,35,40)/t13-,14?,17?,18?/m0/s1. The first-order valence-corrected chi connectivity index (χ1v) is 12.7. The van der Waals surface area contributed by atoms with Crippen molar-refractivity contribution in [3.05, 3.63) is 30.1 Å². The molecule has 0 aromatic heterocycles. The first-order valence-electron chi connectivity index (χ1n) is 12.7. The number of alkyl halides is 5. The molecule has 226 valence electrons. The van der Waals surface area contributed by atoms with Crippen LogP contribution >= 0.6 is 0 Å². The van der Waals surface area contributed by atoms with Gasteiger partial charge in [-0.15, -0.1) is 13.2 Å². The van der Waals surface area contributed by atoms with Gasteiger partial charge >= 0.3 is 18.2 Å². The number of hydrogen-bond acceptors (Lipinski definition) is 6. The van der Waals surface area contributed by atoms with Gasteiger partial charge in [0.1, 0.15) is 18.5 Å². The van der Waals surface area contributed by atoms with Crippen molar-refractivity contribution in [3.8, 4) is 0 Å². The van der Waals surface area contributed by atoms with Gasteiger partial charge in [-0.25, -0.2) is 13.2 Å². The highest BCUT2D eigenvalue weighted by Gasteiger charge is 2.46. The van der Waals surface area contributed by atoms with Gasteiger partial charge in [0.15, 0.2) is 5.78 Å². The van der Waals surface area contributed by atoms with Crippen molar-refractivity contribution in [1.82, 2.24) is 16.0 Å². The Morgan fingerprint density at radius 3 is 2.32 bits per heavy atom. The molecule has 3 unspecified atom stereocenters. The van der Waals surface area contributed by atoms with Gasteiger partial charge in [0, 0.05) is 24.8 Å². The van der Waals surface area contributed by atoms with Crippen LogP contribution in [0.1, 0.15) is 38.5 Å². The number of benzene rings is 1. The molecule has 16 heteroatoms. The summed E-state index contributed by atoms with van der Waals surface area (Å²) >= 11 is 0. The quantitative estimate of drug-likeness (QED) is 0.229. The molecule has 0 bridgehead atoms. The van der Waals surface area contributed by atoms with Crippen molar-refractivity contribution in [1.29, 1.82) is 0 Å².